The van der Waals surface area contributed by atoms with Gasteiger partial charge >= 0.3 is 5.97 Å². The minimum atomic E-state index is -0.744. The summed E-state index contributed by atoms with van der Waals surface area (Å²) in [5.74, 6) is -0.764. The first-order chi connectivity index (χ1) is 12.1. The summed E-state index contributed by atoms with van der Waals surface area (Å²) in [5, 5.41) is 9.06. The van der Waals surface area contributed by atoms with Crippen molar-refractivity contribution in [3.05, 3.63) is 35.9 Å². The summed E-state index contributed by atoms with van der Waals surface area (Å²) >= 11 is 0. The number of aliphatic carboxylic acids is 1. The van der Waals surface area contributed by atoms with Gasteiger partial charge in [-0.05, 0) is 38.5 Å². The van der Waals surface area contributed by atoms with Crippen LogP contribution in [0.4, 0.5) is 0 Å². The Bertz CT molecular complexity index is 626. The molecule has 1 aliphatic heterocycles. The zero-order valence-corrected chi connectivity index (χ0v) is 14.4. The lowest BCUT2D eigenvalue weighted by Crippen LogP contribution is -2.44. The zero-order chi connectivity index (χ0) is 17.8. The summed E-state index contributed by atoms with van der Waals surface area (Å²) < 4.78 is 0. The minimum absolute atomic E-state index is 0.00537. The largest absolute Gasteiger partial charge is 0.481 e. The van der Waals surface area contributed by atoms with Gasteiger partial charge in [-0.1, -0.05) is 30.3 Å². The third-order valence-corrected chi connectivity index (χ3v) is 5.66. The lowest BCUT2D eigenvalue weighted by atomic mass is 9.81. The maximum atomic E-state index is 12.7. The molecule has 1 aliphatic carbocycles. The summed E-state index contributed by atoms with van der Waals surface area (Å²) in [7, 11) is 0. The van der Waals surface area contributed by atoms with Crippen LogP contribution in [0.1, 0.15) is 48.9 Å². The van der Waals surface area contributed by atoms with Crippen LogP contribution in [-0.4, -0.2) is 40.8 Å². The molecule has 0 atom stereocenters. The maximum Gasteiger partial charge on any atom is 0.306 e. The van der Waals surface area contributed by atoms with Crippen molar-refractivity contribution in [3.63, 3.8) is 0 Å². The highest BCUT2D eigenvalue weighted by atomic mass is 16.4. The molecular weight excluding hydrogens is 318 g/mol. The van der Waals surface area contributed by atoms with Crippen LogP contribution in [0.3, 0.4) is 0 Å². The van der Waals surface area contributed by atoms with Crippen LogP contribution in [0.25, 0.3) is 0 Å². The molecule has 2 aliphatic rings. The molecule has 0 bridgehead atoms. The molecule has 0 unspecified atom stereocenters. The van der Waals surface area contributed by atoms with Crippen LogP contribution in [0.2, 0.25) is 0 Å². The van der Waals surface area contributed by atoms with Gasteiger partial charge in [-0.2, -0.15) is 0 Å². The predicted molar refractivity (Wildman–Crippen MR) is 93.2 cm³/mol. The van der Waals surface area contributed by atoms with E-state index in [2.05, 4.69) is 0 Å². The molecule has 5 heteroatoms. The fourth-order valence-corrected chi connectivity index (χ4v) is 4.05. The van der Waals surface area contributed by atoms with Crippen molar-refractivity contribution in [2.24, 2.45) is 17.8 Å². The third kappa shape index (κ3) is 4.09. The van der Waals surface area contributed by atoms with Crippen molar-refractivity contribution in [1.82, 2.24) is 4.90 Å². The van der Waals surface area contributed by atoms with Gasteiger partial charge in [0.05, 0.1) is 5.92 Å². The highest BCUT2D eigenvalue weighted by Gasteiger charge is 2.34. The van der Waals surface area contributed by atoms with Crippen molar-refractivity contribution < 1.29 is 19.5 Å². The second-order valence-electron chi connectivity index (χ2n) is 7.22. The normalized spacial score (nSPS) is 24.7. The molecule has 1 N–H and O–H groups in total. The summed E-state index contributed by atoms with van der Waals surface area (Å²) in [5.41, 5.74) is 0.749. The van der Waals surface area contributed by atoms with E-state index in [1.807, 2.05) is 35.2 Å². The molecule has 25 heavy (non-hydrogen) atoms. The van der Waals surface area contributed by atoms with Gasteiger partial charge < -0.3 is 10.0 Å². The molecule has 0 aromatic heterocycles. The third-order valence-electron chi connectivity index (χ3n) is 5.66. The molecule has 1 amide bonds. The summed E-state index contributed by atoms with van der Waals surface area (Å²) in [6, 6.07) is 9.34. The van der Waals surface area contributed by atoms with Crippen molar-refractivity contribution in [2.75, 3.05) is 13.1 Å². The number of carboxylic acids is 1. The number of ketones is 1. The van der Waals surface area contributed by atoms with Crippen molar-refractivity contribution in [2.45, 2.75) is 38.5 Å². The summed E-state index contributed by atoms with van der Waals surface area (Å²) in [4.78, 5) is 38.1. The predicted octanol–water partition coefficient (Wildman–Crippen LogP) is 3.00. The number of likely N-dealkylation sites (tertiary alicyclic amines) is 1. The van der Waals surface area contributed by atoms with Gasteiger partial charge in [0.2, 0.25) is 5.91 Å². The highest BCUT2D eigenvalue weighted by Crippen LogP contribution is 2.31. The van der Waals surface area contributed by atoms with E-state index in [0.29, 0.717) is 51.6 Å². The molecule has 1 aromatic rings. The maximum absolute atomic E-state index is 12.7. The van der Waals surface area contributed by atoms with E-state index in [9.17, 15) is 14.4 Å². The smallest absolute Gasteiger partial charge is 0.306 e. The topological polar surface area (TPSA) is 74.7 Å². The van der Waals surface area contributed by atoms with Crippen LogP contribution in [-0.2, 0) is 9.59 Å². The van der Waals surface area contributed by atoms with E-state index in [1.54, 1.807) is 0 Å². The van der Waals surface area contributed by atoms with Gasteiger partial charge in [0.25, 0.3) is 0 Å². The number of nitrogens with zero attached hydrogens (tertiary/aromatic N) is 1. The SMILES string of the molecule is O=C(O)C1CCC(C(=O)N2CCC(C(=O)c3ccccc3)CC2)CC1. The molecule has 0 radical (unpaired) electrons. The van der Waals surface area contributed by atoms with Gasteiger partial charge in [0, 0.05) is 30.5 Å². The lowest BCUT2D eigenvalue weighted by Gasteiger charge is -2.35. The van der Waals surface area contributed by atoms with Crippen LogP contribution in [0, 0.1) is 17.8 Å². The van der Waals surface area contributed by atoms with E-state index in [4.69, 9.17) is 5.11 Å². The molecule has 1 aromatic carbocycles. The molecule has 2 fully saturated rings. The first-order valence-corrected chi connectivity index (χ1v) is 9.17. The number of carbonyl (C=O) groups is 3. The molecule has 5 nitrogen and oxygen atoms in total. The van der Waals surface area contributed by atoms with Gasteiger partial charge in [0.1, 0.15) is 0 Å². The minimum Gasteiger partial charge on any atom is -0.481 e. The van der Waals surface area contributed by atoms with Crippen molar-refractivity contribution in [3.8, 4) is 0 Å². The number of rotatable bonds is 4. The number of carbonyl (C=O) groups excluding carboxylic acids is 2. The number of piperidine rings is 1. The van der Waals surface area contributed by atoms with Gasteiger partial charge in [-0.3, -0.25) is 14.4 Å². The number of benzene rings is 1. The number of Topliss-reactive ketones (excluding diaryl/α,β-unsaturated/α-hetero) is 1. The first-order valence-electron chi connectivity index (χ1n) is 9.17. The summed E-state index contributed by atoms with van der Waals surface area (Å²) in [6.45, 7) is 1.25. The first kappa shape index (κ1) is 17.6. The fraction of sp³-hybridized carbons (Fsp3) is 0.550. The van der Waals surface area contributed by atoms with Crippen molar-refractivity contribution >= 4 is 17.7 Å². The molecule has 1 saturated carbocycles. The zero-order valence-electron chi connectivity index (χ0n) is 14.4. The van der Waals surface area contributed by atoms with Gasteiger partial charge in [-0.15, -0.1) is 0 Å². The molecule has 1 saturated heterocycles. The van der Waals surface area contributed by atoms with Crippen LogP contribution < -0.4 is 0 Å². The molecule has 134 valence electrons. The van der Waals surface area contributed by atoms with Crippen LogP contribution in [0.15, 0.2) is 30.3 Å². The van der Waals surface area contributed by atoms with Gasteiger partial charge in [-0.25, -0.2) is 0 Å². The van der Waals surface area contributed by atoms with Gasteiger partial charge in [0.15, 0.2) is 5.78 Å². The van der Waals surface area contributed by atoms with Crippen LogP contribution >= 0.6 is 0 Å². The number of hydrogen-bond acceptors (Lipinski definition) is 3. The average Bonchev–Trinajstić information content (AvgIpc) is 2.67. The Morgan fingerprint density at radius 1 is 0.800 bits per heavy atom. The van der Waals surface area contributed by atoms with Crippen LogP contribution in [0.5, 0.6) is 0 Å². The standard InChI is InChI=1S/C20H25NO4/c22-18(14-4-2-1-3-5-14)15-10-12-21(13-11-15)19(23)16-6-8-17(9-7-16)20(24)25/h1-5,15-17H,6-13H2,(H,24,25). The lowest BCUT2D eigenvalue weighted by molar-refractivity contribution is -0.146. The highest BCUT2D eigenvalue weighted by molar-refractivity contribution is 5.98. The van der Waals surface area contributed by atoms with E-state index in [-0.39, 0.29) is 29.4 Å². The van der Waals surface area contributed by atoms with E-state index < -0.39 is 5.97 Å². The number of hydrogen-bond donors (Lipinski definition) is 1. The summed E-state index contributed by atoms with van der Waals surface area (Å²) in [6.07, 6.45) is 3.94. The Balaban J connectivity index is 1.50. The Hall–Kier alpha value is -2.17. The van der Waals surface area contributed by atoms with E-state index in [1.165, 1.54) is 0 Å². The van der Waals surface area contributed by atoms with E-state index >= 15 is 0 Å². The monoisotopic (exact) mass is 343 g/mol. The molecule has 3 rings (SSSR count). The Labute approximate surface area is 148 Å². The average molecular weight is 343 g/mol. The van der Waals surface area contributed by atoms with E-state index in [0.717, 1.165) is 5.56 Å². The quantitative estimate of drug-likeness (QED) is 0.853. The Kier molecular flexibility index (Phi) is 5.51. The fourth-order valence-electron chi connectivity index (χ4n) is 4.05. The molecule has 1 heterocycles. The second-order valence-corrected chi connectivity index (χ2v) is 7.22. The number of carboxylic acid groups (broad SMARTS) is 1. The second kappa shape index (κ2) is 7.81. The van der Waals surface area contributed by atoms with Crippen molar-refractivity contribution in [1.29, 1.82) is 0 Å². The number of amides is 1. The molecular formula is C20H25NO4. The molecule has 0 spiro atoms. The Morgan fingerprint density at radius 3 is 1.92 bits per heavy atom. The Morgan fingerprint density at radius 2 is 1.36 bits per heavy atom.